The Labute approximate surface area is 122 Å². The van der Waals surface area contributed by atoms with Crippen LogP contribution in [0.5, 0.6) is 0 Å². The Hall–Kier alpha value is -0.742. The maximum atomic E-state index is 9.62. The van der Waals surface area contributed by atoms with Crippen LogP contribution in [0.4, 0.5) is 0 Å². The van der Waals surface area contributed by atoms with E-state index in [1.54, 1.807) is 4.97 Å². The van der Waals surface area contributed by atoms with Gasteiger partial charge in [0.1, 0.15) is 0 Å². The summed E-state index contributed by atoms with van der Waals surface area (Å²) in [5.74, 6) is 0. The third-order valence-corrected chi connectivity index (χ3v) is 27.2. The summed E-state index contributed by atoms with van der Waals surface area (Å²) in [4.78, 5) is 14.9. The molecule has 2 aliphatic heterocycles. The third-order valence-electron chi connectivity index (χ3n) is 2.56. The van der Waals surface area contributed by atoms with E-state index in [9.17, 15) is 21.0 Å². The first kappa shape index (κ1) is 13.7. The van der Waals surface area contributed by atoms with E-state index in [1.807, 2.05) is 29.8 Å². The minimum absolute atomic E-state index is 0.0930. The molecule has 0 aliphatic carbocycles. The van der Waals surface area contributed by atoms with E-state index >= 15 is 0 Å². The molecule has 0 amide bonds. The molecular weight excluding hydrogens is 492 g/mol. The van der Waals surface area contributed by atoms with Gasteiger partial charge in [0.2, 0.25) is 0 Å². The molecule has 2 rings (SSSR count). The van der Waals surface area contributed by atoms with Crippen LogP contribution < -0.4 is 0 Å². The van der Waals surface area contributed by atoms with Gasteiger partial charge in [0.25, 0.3) is 0 Å². The molecule has 4 nitrogen and oxygen atoms in total. The van der Waals surface area contributed by atoms with Crippen molar-refractivity contribution in [3.63, 3.8) is 0 Å². The second-order valence-electron chi connectivity index (χ2n) is 3.45. The zero-order valence-electron chi connectivity index (χ0n) is 8.73. The van der Waals surface area contributed by atoms with E-state index < -0.39 is 10.7 Å². The average molecular weight is 496 g/mol. The fourth-order valence-corrected chi connectivity index (χ4v) is 27.3. The van der Waals surface area contributed by atoms with Crippen molar-refractivity contribution < 1.29 is 0 Å². The van der Waals surface area contributed by atoms with Crippen LogP contribution in [-0.4, -0.2) is 55.6 Å². The summed E-state index contributed by atoms with van der Waals surface area (Å²) in [7, 11) is -5.49. The van der Waals surface area contributed by atoms with Crippen LogP contribution in [0.3, 0.4) is 0 Å². The van der Waals surface area contributed by atoms with E-state index in [4.69, 9.17) is 0 Å². The van der Waals surface area contributed by atoms with Crippen molar-refractivity contribution in [2.45, 2.75) is 0 Å². The number of nitrogens with zero attached hydrogens (tertiary/aromatic N) is 4. The zero-order chi connectivity index (χ0) is 13.3. The normalized spacial score (nSPS) is 28.7. The fourth-order valence-electron chi connectivity index (χ4n) is 1.39. The fraction of sp³-hybridized carbons (Fsp3) is 0. The number of hydrogen-bond acceptors (Lipinski definition) is 4. The van der Waals surface area contributed by atoms with Crippen LogP contribution in [0.2, 0.25) is 0 Å². The summed E-state index contributed by atoms with van der Waals surface area (Å²) in [6, 6.07) is 0. The van der Waals surface area contributed by atoms with Gasteiger partial charge >= 0.3 is 123 Å². The molecule has 0 unspecified atom stereocenters. The van der Waals surface area contributed by atoms with E-state index in [2.05, 4.69) is 0 Å². The summed E-state index contributed by atoms with van der Waals surface area (Å²) in [5.41, 5.74) is 0. The van der Waals surface area contributed by atoms with Crippen molar-refractivity contribution >= 4 is 55.6 Å². The van der Waals surface area contributed by atoms with Gasteiger partial charge in [-0.05, 0) is 0 Å². The van der Waals surface area contributed by atoms with Crippen LogP contribution in [0.25, 0.3) is 0 Å². The molecule has 2 heterocycles. The van der Waals surface area contributed by atoms with Crippen molar-refractivity contribution in [2.24, 2.45) is 0 Å². The van der Waals surface area contributed by atoms with Gasteiger partial charge in [-0.3, -0.25) is 0 Å². The maximum absolute atomic E-state index is 9.62. The van der Waals surface area contributed by atoms with Gasteiger partial charge < -0.3 is 0 Å². The molecule has 0 saturated heterocycles. The number of nitriles is 4. The van der Waals surface area contributed by atoms with Crippen molar-refractivity contribution in [1.82, 2.24) is 0 Å². The summed E-state index contributed by atoms with van der Waals surface area (Å²) < 4.78 is 1.65. The van der Waals surface area contributed by atoms with Gasteiger partial charge in [0.15, 0.2) is 0 Å². The topological polar surface area (TPSA) is 95.2 Å². The Kier molecular flexibility index (Phi) is 2.94. The Bertz CT molecular complexity index is 635. The van der Waals surface area contributed by atoms with Crippen molar-refractivity contribution in [3.8, 4) is 19.9 Å². The first-order valence-electron chi connectivity index (χ1n) is 4.39. The molecule has 8 heteroatoms. The second kappa shape index (κ2) is 3.87. The first-order chi connectivity index (χ1) is 8.57. The molecule has 18 heavy (non-hydrogen) atoms. The van der Waals surface area contributed by atoms with Gasteiger partial charge in [-0.25, -0.2) is 0 Å². The number of rotatable bonds is 0. The molecular formula is C10H4N4Se4. The molecule has 0 N–H and O–H groups in total. The number of hydrogen-bond donors (Lipinski definition) is 0. The predicted octanol–water partition coefficient (Wildman–Crippen LogP) is -0.0335. The van der Waals surface area contributed by atoms with Gasteiger partial charge in [0, 0.05) is 0 Å². The molecule has 0 aromatic rings. The molecule has 0 spiro atoms. The molecule has 2 aliphatic rings. The molecule has 0 fully saturated rings. The first-order valence-corrected chi connectivity index (χ1v) is 15.2. The Morgan fingerprint density at radius 1 is 0.778 bits per heavy atom. The van der Waals surface area contributed by atoms with E-state index in [1.165, 1.54) is 4.97 Å². The molecule has 0 saturated carbocycles. The van der Waals surface area contributed by atoms with Crippen molar-refractivity contribution in [2.75, 3.05) is 0 Å². The minimum atomic E-state index is -5.49. The summed E-state index contributed by atoms with van der Waals surface area (Å²) in [6.07, 6.45) is 0. The molecule has 0 aromatic heterocycles. The van der Waals surface area contributed by atoms with Crippen LogP contribution in [0.1, 0.15) is 0 Å². The second-order valence-corrected chi connectivity index (χ2v) is 21.5. The van der Waals surface area contributed by atoms with Gasteiger partial charge in [-0.15, -0.1) is 0 Å². The quantitative estimate of drug-likeness (QED) is 0.441. The summed E-state index contributed by atoms with van der Waals surface area (Å²) in [5, 5.41) is 38.5. The molecule has 0 aromatic carbocycles. The van der Waals surface area contributed by atoms with Crippen LogP contribution in [0, 0.1) is 40.9 Å². The standard InChI is InChI=1S/C10H4N4Se4/c11-5-18(6-12,7-13,8-14)4-3-17-10(18)9-15-1-2-16-9/h1-4H. The molecule has 0 atom stereocenters. The van der Waals surface area contributed by atoms with Crippen LogP contribution >= 0.6 is 0 Å². The summed E-state index contributed by atoms with van der Waals surface area (Å²) >= 11 is -0.0252. The monoisotopic (exact) mass is 500 g/mol. The van der Waals surface area contributed by atoms with Gasteiger partial charge in [-0.1, -0.05) is 0 Å². The van der Waals surface area contributed by atoms with E-state index in [-0.39, 0.29) is 44.9 Å². The van der Waals surface area contributed by atoms with Gasteiger partial charge in [-0.2, -0.15) is 0 Å². The average Bonchev–Trinajstić information content (AvgIpc) is 3.07. The van der Waals surface area contributed by atoms with E-state index in [0.717, 1.165) is 3.37 Å². The molecule has 88 valence electrons. The van der Waals surface area contributed by atoms with Crippen LogP contribution in [-0.2, 0) is 0 Å². The van der Waals surface area contributed by atoms with Crippen molar-refractivity contribution in [1.29, 1.82) is 21.0 Å². The predicted molar refractivity (Wildman–Crippen MR) is 70.8 cm³/mol. The van der Waals surface area contributed by atoms with Crippen molar-refractivity contribution in [3.05, 3.63) is 26.6 Å². The Morgan fingerprint density at radius 2 is 1.28 bits per heavy atom. The SMILES string of the molecule is N#C[Se]1(C#N)(C#N)(C#N)C=C[Se]C1=C1[Se]C=C[Se]1. The molecule has 0 bridgehead atoms. The summed E-state index contributed by atoms with van der Waals surface area (Å²) in [6.45, 7) is 0. The van der Waals surface area contributed by atoms with Gasteiger partial charge in [0.05, 0.1) is 0 Å². The zero-order valence-corrected chi connectivity index (χ0v) is 15.6. The third kappa shape index (κ3) is 1.28. The van der Waals surface area contributed by atoms with E-state index in [0.29, 0.717) is 3.37 Å². The van der Waals surface area contributed by atoms with Crippen LogP contribution in [0.15, 0.2) is 26.6 Å². The Morgan fingerprint density at radius 3 is 1.72 bits per heavy atom. The molecule has 0 radical (unpaired) electrons. The Balaban J connectivity index is 2.98.